The third-order valence-electron chi connectivity index (χ3n) is 4.67. The van der Waals surface area contributed by atoms with Crippen LogP contribution in [0.3, 0.4) is 0 Å². The van der Waals surface area contributed by atoms with Crippen LogP contribution in [0.4, 0.5) is 11.4 Å². The highest BCUT2D eigenvalue weighted by Gasteiger charge is 2.27. The molecule has 0 spiro atoms. The monoisotopic (exact) mass is 459 g/mol. The van der Waals surface area contributed by atoms with Crippen molar-refractivity contribution in [3.05, 3.63) is 109 Å². The summed E-state index contributed by atoms with van der Waals surface area (Å²) in [5.74, 6) is 0.712. The molecule has 166 valence electrons. The van der Waals surface area contributed by atoms with E-state index in [2.05, 4.69) is 10.3 Å². The molecule has 0 aliphatic carbocycles. The highest BCUT2D eigenvalue weighted by molar-refractivity contribution is 7.92. The molecule has 1 N–H and O–H groups in total. The molecule has 0 unspecified atom stereocenters. The highest BCUT2D eigenvalue weighted by atomic mass is 32.2. The number of benzene rings is 3. The number of pyridine rings is 1. The minimum atomic E-state index is -4.00. The van der Waals surface area contributed by atoms with E-state index in [1.807, 2.05) is 30.3 Å². The number of nitrogens with zero attached hydrogens (tertiary/aromatic N) is 2. The van der Waals surface area contributed by atoms with E-state index in [1.165, 1.54) is 18.3 Å². The summed E-state index contributed by atoms with van der Waals surface area (Å²) in [6.45, 7) is -0.412. The second-order valence-electron chi connectivity index (χ2n) is 7.02. The Bertz CT molecular complexity index is 1300. The van der Waals surface area contributed by atoms with Crippen LogP contribution in [0.2, 0.25) is 0 Å². The summed E-state index contributed by atoms with van der Waals surface area (Å²) in [5, 5.41) is 2.68. The van der Waals surface area contributed by atoms with Crippen molar-refractivity contribution in [3.63, 3.8) is 0 Å². The fourth-order valence-electron chi connectivity index (χ4n) is 3.11. The molecule has 0 saturated carbocycles. The van der Waals surface area contributed by atoms with Crippen LogP contribution < -0.4 is 14.4 Å². The summed E-state index contributed by atoms with van der Waals surface area (Å²) in [6.07, 6.45) is 3.07. The van der Waals surface area contributed by atoms with Gasteiger partial charge in [0.2, 0.25) is 5.91 Å². The van der Waals surface area contributed by atoms with Gasteiger partial charge in [0.1, 0.15) is 18.0 Å². The topological polar surface area (TPSA) is 88.6 Å². The first kappa shape index (κ1) is 22.0. The number of carbonyl (C=O) groups excluding carboxylic acids is 1. The van der Waals surface area contributed by atoms with Crippen molar-refractivity contribution < 1.29 is 17.9 Å². The molecule has 0 bridgehead atoms. The maximum Gasteiger partial charge on any atom is 0.264 e. The number of hydrogen-bond donors (Lipinski definition) is 1. The van der Waals surface area contributed by atoms with Gasteiger partial charge in [-0.05, 0) is 60.7 Å². The van der Waals surface area contributed by atoms with Gasteiger partial charge in [0.25, 0.3) is 10.0 Å². The summed E-state index contributed by atoms with van der Waals surface area (Å²) >= 11 is 0. The third-order valence-corrected chi connectivity index (χ3v) is 6.46. The molecular formula is C25H21N3O4S. The molecule has 1 heterocycles. The summed E-state index contributed by atoms with van der Waals surface area (Å²) in [4.78, 5) is 16.8. The van der Waals surface area contributed by atoms with E-state index in [1.54, 1.807) is 60.8 Å². The summed E-state index contributed by atoms with van der Waals surface area (Å²) in [6, 6.07) is 27.1. The zero-order valence-electron chi connectivity index (χ0n) is 17.5. The van der Waals surface area contributed by atoms with Gasteiger partial charge < -0.3 is 10.1 Å². The van der Waals surface area contributed by atoms with Crippen LogP contribution in [0.1, 0.15) is 0 Å². The van der Waals surface area contributed by atoms with Crippen molar-refractivity contribution in [2.45, 2.75) is 4.90 Å². The van der Waals surface area contributed by atoms with E-state index in [0.29, 0.717) is 22.9 Å². The van der Waals surface area contributed by atoms with Crippen molar-refractivity contribution in [1.29, 1.82) is 0 Å². The molecular weight excluding hydrogens is 438 g/mol. The minimum Gasteiger partial charge on any atom is -0.457 e. The molecule has 0 radical (unpaired) electrons. The number of nitrogens with one attached hydrogen (secondary N) is 1. The van der Waals surface area contributed by atoms with Crippen LogP contribution in [0.15, 0.2) is 114 Å². The fourth-order valence-corrected chi connectivity index (χ4v) is 4.55. The predicted octanol–water partition coefficient (Wildman–Crippen LogP) is 4.71. The Morgan fingerprint density at radius 2 is 1.45 bits per heavy atom. The zero-order chi connectivity index (χ0) is 23.1. The maximum atomic E-state index is 13.4. The Morgan fingerprint density at radius 3 is 2.09 bits per heavy atom. The lowest BCUT2D eigenvalue weighted by Gasteiger charge is -2.24. The number of para-hydroxylation sites is 1. The van der Waals surface area contributed by atoms with E-state index in [4.69, 9.17) is 4.74 Å². The van der Waals surface area contributed by atoms with Crippen LogP contribution in [-0.4, -0.2) is 25.9 Å². The van der Waals surface area contributed by atoms with E-state index in [0.717, 1.165) is 4.31 Å². The van der Waals surface area contributed by atoms with E-state index in [9.17, 15) is 13.2 Å². The Kier molecular flexibility index (Phi) is 6.66. The molecule has 8 heteroatoms. The van der Waals surface area contributed by atoms with Crippen molar-refractivity contribution in [3.8, 4) is 11.5 Å². The number of anilines is 2. The molecule has 4 rings (SSSR count). The van der Waals surface area contributed by atoms with Crippen LogP contribution in [0.25, 0.3) is 0 Å². The lowest BCUT2D eigenvalue weighted by Crippen LogP contribution is -2.38. The number of sulfonamides is 1. The van der Waals surface area contributed by atoms with E-state index < -0.39 is 22.5 Å². The number of carbonyl (C=O) groups is 1. The molecule has 0 saturated heterocycles. The fraction of sp³-hybridized carbons (Fsp3) is 0.0400. The molecule has 7 nitrogen and oxygen atoms in total. The van der Waals surface area contributed by atoms with Crippen molar-refractivity contribution in [2.75, 3.05) is 16.2 Å². The summed E-state index contributed by atoms with van der Waals surface area (Å²) in [5.41, 5.74) is 0.812. The quantitative estimate of drug-likeness (QED) is 0.412. The Morgan fingerprint density at radius 1 is 0.818 bits per heavy atom. The second kappa shape index (κ2) is 9.97. The molecule has 0 aliphatic rings. The molecule has 4 aromatic rings. The molecule has 0 aliphatic heterocycles. The molecule has 0 atom stereocenters. The van der Waals surface area contributed by atoms with E-state index in [-0.39, 0.29) is 4.90 Å². The van der Waals surface area contributed by atoms with Gasteiger partial charge in [-0.3, -0.25) is 14.1 Å². The summed E-state index contributed by atoms with van der Waals surface area (Å²) in [7, 11) is -4.00. The van der Waals surface area contributed by atoms with Gasteiger partial charge in [0.05, 0.1) is 22.5 Å². The van der Waals surface area contributed by atoms with Crippen LogP contribution in [0, 0.1) is 0 Å². The average molecular weight is 460 g/mol. The Labute approximate surface area is 192 Å². The molecule has 1 aromatic heterocycles. The standard InChI is InChI=1S/C25H21N3O4S/c29-25(27-20-8-7-17-26-18-20)19-28(33(30,31)24-11-5-2-6-12-24)21-13-15-23(16-14-21)32-22-9-3-1-4-10-22/h1-18H,19H2,(H,27,29). The number of hydrogen-bond acceptors (Lipinski definition) is 5. The maximum absolute atomic E-state index is 13.4. The first-order chi connectivity index (χ1) is 16.0. The lowest BCUT2D eigenvalue weighted by atomic mass is 10.3. The lowest BCUT2D eigenvalue weighted by molar-refractivity contribution is -0.114. The normalized spacial score (nSPS) is 10.9. The molecule has 3 aromatic carbocycles. The molecule has 33 heavy (non-hydrogen) atoms. The van der Waals surface area contributed by atoms with Gasteiger partial charge in [-0.1, -0.05) is 36.4 Å². The predicted molar refractivity (Wildman–Crippen MR) is 127 cm³/mol. The summed E-state index contributed by atoms with van der Waals surface area (Å²) < 4.78 is 33.7. The molecule has 0 fully saturated rings. The van der Waals surface area contributed by atoms with Crippen molar-refractivity contribution >= 4 is 27.3 Å². The Hall–Kier alpha value is -4.17. The SMILES string of the molecule is O=C(CN(c1ccc(Oc2ccccc2)cc1)S(=O)(=O)c1ccccc1)Nc1cccnc1. The number of ether oxygens (including phenoxy) is 1. The first-order valence-corrected chi connectivity index (χ1v) is 11.6. The Balaban J connectivity index is 1.61. The smallest absolute Gasteiger partial charge is 0.264 e. The minimum absolute atomic E-state index is 0.0868. The van der Waals surface area contributed by atoms with Gasteiger partial charge in [-0.25, -0.2) is 8.42 Å². The first-order valence-electron chi connectivity index (χ1n) is 10.1. The van der Waals surface area contributed by atoms with E-state index >= 15 is 0 Å². The van der Waals surface area contributed by atoms with Gasteiger partial charge >= 0.3 is 0 Å². The number of amides is 1. The highest BCUT2D eigenvalue weighted by Crippen LogP contribution is 2.28. The van der Waals surface area contributed by atoms with Gasteiger partial charge in [0.15, 0.2) is 0 Å². The van der Waals surface area contributed by atoms with Crippen LogP contribution >= 0.6 is 0 Å². The van der Waals surface area contributed by atoms with Gasteiger partial charge in [-0.2, -0.15) is 0 Å². The second-order valence-corrected chi connectivity index (χ2v) is 8.89. The third kappa shape index (κ3) is 5.55. The van der Waals surface area contributed by atoms with Crippen LogP contribution in [0.5, 0.6) is 11.5 Å². The number of rotatable bonds is 8. The van der Waals surface area contributed by atoms with Crippen LogP contribution in [-0.2, 0) is 14.8 Å². The van der Waals surface area contributed by atoms with Gasteiger partial charge in [0, 0.05) is 6.20 Å². The molecule has 1 amide bonds. The largest absolute Gasteiger partial charge is 0.457 e. The zero-order valence-corrected chi connectivity index (χ0v) is 18.4. The van der Waals surface area contributed by atoms with Crippen molar-refractivity contribution in [1.82, 2.24) is 4.98 Å². The van der Waals surface area contributed by atoms with Crippen molar-refractivity contribution in [2.24, 2.45) is 0 Å². The van der Waals surface area contributed by atoms with Gasteiger partial charge in [-0.15, -0.1) is 0 Å². The number of aromatic nitrogens is 1. The average Bonchev–Trinajstić information content (AvgIpc) is 2.85.